The Kier molecular flexibility index (Phi) is 5.88. The quantitative estimate of drug-likeness (QED) is 0.711. The summed E-state index contributed by atoms with van der Waals surface area (Å²) in [6.45, 7) is 0.205. The second-order valence-electron chi connectivity index (χ2n) is 3.22. The lowest BCUT2D eigenvalue weighted by Crippen LogP contribution is -2.17. The van der Waals surface area contributed by atoms with E-state index in [1.54, 1.807) is 0 Å². The van der Waals surface area contributed by atoms with Gasteiger partial charge in [-0.2, -0.15) is 0 Å². The molecular weight excluding hydrogens is 165 g/mol. The van der Waals surface area contributed by atoms with E-state index in [0.717, 1.165) is 0 Å². The van der Waals surface area contributed by atoms with E-state index in [1.807, 2.05) is 0 Å². The lowest BCUT2D eigenvalue weighted by Gasteiger charge is -2.10. The van der Waals surface area contributed by atoms with Crippen molar-refractivity contribution in [2.24, 2.45) is 11.7 Å². The molecule has 2 N–H and O–H groups in total. The topological polar surface area (TPSA) is 26.0 Å². The third-order valence-corrected chi connectivity index (χ3v) is 2.32. The maximum Gasteiger partial charge on any atom is 0.113 e. The van der Waals surface area contributed by atoms with Crippen molar-refractivity contribution in [1.29, 1.82) is 0 Å². The minimum absolute atomic E-state index is 0. The molecule has 1 atom stereocenters. The molecular formula is C8H17ClFN. The van der Waals surface area contributed by atoms with Crippen LogP contribution in [0.15, 0.2) is 0 Å². The Morgan fingerprint density at radius 1 is 1.36 bits per heavy atom. The Morgan fingerprint density at radius 3 is 2.36 bits per heavy atom. The van der Waals surface area contributed by atoms with E-state index in [1.165, 1.54) is 25.7 Å². The van der Waals surface area contributed by atoms with Crippen molar-refractivity contribution >= 4 is 12.4 Å². The van der Waals surface area contributed by atoms with Gasteiger partial charge in [-0.05, 0) is 12.3 Å². The Bertz CT molecular complexity index is 94.1. The van der Waals surface area contributed by atoms with Crippen LogP contribution in [-0.4, -0.2) is 12.7 Å². The van der Waals surface area contributed by atoms with Crippen molar-refractivity contribution in [2.75, 3.05) is 6.54 Å². The van der Waals surface area contributed by atoms with Crippen molar-refractivity contribution in [1.82, 2.24) is 0 Å². The molecule has 0 bridgehead atoms. The molecule has 0 aromatic heterocycles. The van der Waals surface area contributed by atoms with Crippen LogP contribution in [0, 0.1) is 5.92 Å². The lowest BCUT2D eigenvalue weighted by molar-refractivity contribution is 0.276. The van der Waals surface area contributed by atoms with Gasteiger partial charge in [0.1, 0.15) is 6.17 Å². The van der Waals surface area contributed by atoms with Crippen molar-refractivity contribution in [3.05, 3.63) is 0 Å². The highest BCUT2D eigenvalue weighted by molar-refractivity contribution is 5.85. The van der Waals surface area contributed by atoms with E-state index >= 15 is 0 Å². The molecule has 0 aliphatic heterocycles. The van der Waals surface area contributed by atoms with E-state index in [-0.39, 0.29) is 19.0 Å². The van der Waals surface area contributed by atoms with Crippen LogP contribution in [0.5, 0.6) is 0 Å². The van der Waals surface area contributed by atoms with Gasteiger partial charge in [0.25, 0.3) is 0 Å². The average molecular weight is 182 g/mol. The summed E-state index contributed by atoms with van der Waals surface area (Å²) in [7, 11) is 0. The number of nitrogens with two attached hydrogens (primary N) is 1. The first-order chi connectivity index (χ1) is 4.83. The monoisotopic (exact) mass is 181 g/mol. The van der Waals surface area contributed by atoms with Gasteiger partial charge >= 0.3 is 0 Å². The van der Waals surface area contributed by atoms with Gasteiger partial charge in [0, 0.05) is 6.54 Å². The summed E-state index contributed by atoms with van der Waals surface area (Å²) in [5, 5.41) is 0. The van der Waals surface area contributed by atoms with Gasteiger partial charge in [-0.1, -0.05) is 25.7 Å². The predicted molar refractivity (Wildman–Crippen MR) is 47.8 cm³/mol. The maximum atomic E-state index is 12.7. The first kappa shape index (κ1) is 11.2. The fourth-order valence-electron chi connectivity index (χ4n) is 1.70. The average Bonchev–Trinajstić information content (AvgIpc) is 2.40. The Labute approximate surface area is 73.9 Å². The Balaban J connectivity index is 0.000001000. The SMILES string of the molecule is Cl.NCC(F)CC1CCCC1. The third-order valence-electron chi connectivity index (χ3n) is 2.32. The molecule has 1 fully saturated rings. The van der Waals surface area contributed by atoms with Crippen LogP contribution in [0.25, 0.3) is 0 Å². The molecule has 3 heteroatoms. The summed E-state index contributed by atoms with van der Waals surface area (Å²) in [5.74, 6) is 0.638. The van der Waals surface area contributed by atoms with Crippen LogP contribution in [0.4, 0.5) is 4.39 Å². The number of hydrogen-bond donors (Lipinski definition) is 1. The number of hydrogen-bond acceptors (Lipinski definition) is 1. The predicted octanol–water partition coefficient (Wildman–Crippen LogP) is 2.29. The molecule has 0 spiro atoms. The molecule has 1 unspecified atom stereocenters. The molecule has 1 aliphatic rings. The number of halogens is 2. The first-order valence-electron chi connectivity index (χ1n) is 4.17. The highest BCUT2D eigenvalue weighted by atomic mass is 35.5. The van der Waals surface area contributed by atoms with E-state index in [2.05, 4.69) is 0 Å². The Hall–Kier alpha value is 0.180. The minimum atomic E-state index is -0.747. The summed E-state index contributed by atoms with van der Waals surface area (Å²) >= 11 is 0. The third kappa shape index (κ3) is 3.92. The van der Waals surface area contributed by atoms with Gasteiger partial charge in [0.05, 0.1) is 0 Å². The molecule has 1 nitrogen and oxygen atoms in total. The van der Waals surface area contributed by atoms with Gasteiger partial charge in [-0.15, -0.1) is 12.4 Å². The lowest BCUT2D eigenvalue weighted by atomic mass is 10.0. The molecule has 68 valence electrons. The molecule has 0 aromatic carbocycles. The van der Waals surface area contributed by atoms with Gasteiger partial charge in [0.15, 0.2) is 0 Å². The summed E-state index contributed by atoms with van der Waals surface area (Å²) in [4.78, 5) is 0. The van der Waals surface area contributed by atoms with Crippen molar-refractivity contribution in [3.63, 3.8) is 0 Å². The Morgan fingerprint density at radius 2 is 1.91 bits per heavy atom. The van der Waals surface area contributed by atoms with Gasteiger partial charge in [-0.3, -0.25) is 0 Å². The molecule has 1 aliphatic carbocycles. The summed E-state index contributed by atoms with van der Waals surface area (Å²) in [6.07, 6.45) is 4.99. The number of rotatable bonds is 3. The molecule has 1 rings (SSSR count). The van der Waals surface area contributed by atoms with E-state index in [9.17, 15) is 4.39 Å². The van der Waals surface area contributed by atoms with Crippen LogP contribution in [0.2, 0.25) is 0 Å². The fourth-order valence-corrected chi connectivity index (χ4v) is 1.70. The van der Waals surface area contributed by atoms with Gasteiger partial charge < -0.3 is 5.73 Å². The highest BCUT2D eigenvalue weighted by Crippen LogP contribution is 2.28. The van der Waals surface area contributed by atoms with Gasteiger partial charge in [-0.25, -0.2) is 4.39 Å². The zero-order valence-electron chi connectivity index (χ0n) is 6.76. The summed E-state index contributed by atoms with van der Waals surface area (Å²) < 4.78 is 12.7. The molecule has 0 radical (unpaired) electrons. The van der Waals surface area contributed by atoms with Crippen molar-refractivity contribution in [3.8, 4) is 0 Å². The zero-order valence-corrected chi connectivity index (χ0v) is 7.58. The normalized spacial score (nSPS) is 21.3. The summed E-state index contributed by atoms with van der Waals surface area (Å²) in [6, 6.07) is 0. The minimum Gasteiger partial charge on any atom is -0.328 e. The molecule has 0 amide bonds. The zero-order chi connectivity index (χ0) is 7.40. The largest absolute Gasteiger partial charge is 0.328 e. The van der Waals surface area contributed by atoms with E-state index < -0.39 is 6.17 Å². The van der Waals surface area contributed by atoms with Crippen LogP contribution in [0.1, 0.15) is 32.1 Å². The molecule has 0 saturated heterocycles. The van der Waals surface area contributed by atoms with Crippen LogP contribution in [-0.2, 0) is 0 Å². The van der Waals surface area contributed by atoms with Crippen molar-refractivity contribution in [2.45, 2.75) is 38.3 Å². The standard InChI is InChI=1S/C8H16FN.ClH/c9-8(6-10)5-7-3-1-2-4-7;/h7-8H,1-6,10H2;1H. The fraction of sp³-hybridized carbons (Fsp3) is 1.00. The first-order valence-corrected chi connectivity index (χ1v) is 4.17. The van der Waals surface area contributed by atoms with Crippen LogP contribution >= 0.6 is 12.4 Å². The van der Waals surface area contributed by atoms with E-state index in [4.69, 9.17) is 5.73 Å². The van der Waals surface area contributed by atoms with Crippen LogP contribution < -0.4 is 5.73 Å². The highest BCUT2D eigenvalue weighted by Gasteiger charge is 2.18. The second-order valence-corrected chi connectivity index (χ2v) is 3.22. The second kappa shape index (κ2) is 5.78. The van der Waals surface area contributed by atoms with Crippen LogP contribution in [0.3, 0.4) is 0 Å². The smallest absolute Gasteiger partial charge is 0.113 e. The summed E-state index contributed by atoms with van der Waals surface area (Å²) in [5.41, 5.74) is 5.18. The molecule has 0 heterocycles. The maximum absolute atomic E-state index is 12.7. The molecule has 11 heavy (non-hydrogen) atoms. The van der Waals surface area contributed by atoms with Crippen molar-refractivity contribution < 1.29 is 4.39 Å². The molecule has 1 saturated carbocycles. The van der Waals surface area contributed by atoms with Gasteiger partial charge in [0.2, 0.25) is 0 Å². The van der Waals surface area contributed by atoms with E-state index in [0.29, 0.717) is 12.3 Å². The number of alkyl halides is 1. The molecule has 0 aromatic rings.